The number of para-hydroxylation sites is 1. The molecule has 1 unspecified atom stereocenters. The predicted molar refractivity (Wildman–Crippen MR) is 94.5 cm³/mol. The number of carbonyl (C=O) groups is 2. The molecule has 0 aliphatic carbocycles. The van der Waals surface area contributed by atoms with Crippen LogP contribution in [0.2, 0.25) is 0 Å². The molecule has 1 amide bonds. The summed E-state index contributed by atoms with van der Waals surface area (Å²) >= 11 is 0. The molecule has 1 fully saturated rings. The summed E-state index contributed by atoms with van der Waals surface area (Å²) in [5.41, 5.74) is -0.716. The van der Waals surface area contributed by atoms with Gasteiger partial charge in [0.1, 0.15) is 25.0 Å². The third-order valence-electron chi connectivity index (χ3n) is 4.07. The molecular formula is C18H22N4O5. The van der Waals surface area contributed by atoms with E-state index in [4.69, 9.17) is 14.6 Å². The second-order valence-electron chi connectivity index (χ2n) is 7.00. The van der Waals surface area contributed by atoms with E-state index in [-0.39, 0.29) is 24.2 Å². The number of carboxylic acids is 1. The van der Waals surface area contributed by atoms with E-state index in [2.05, 4.69) is 10.3 Å². The van der Waals surface area contributed by atoms with Gasteiger partial charge in [-0.15, -0.1) is 5.10 Å². The predicted octanol–water partition coefficient (Wildman–Crippen LogP) is 1.06. The SMILES string of the molecule is CC1(C)CN(C(=O)Cn2cc(C(=O)O)nn2)CC(COc2ccccc2)O1. The van der Waals surface area contributed by atoms with Gasteiger partial charge in [-0.3, -0.25) is 4.79 Å². The van der Waals surface area contributed by atoms with Crippen LogP contribution >= 0.6 is 0 Å². The fourth-order valence-corrected chi connectivity index (χ4v) is 2.99. The molecule has 9 nitrogen and oxygen atoms in total. The van der Waals surface area contributed by atoms with Crippen molar-refractivity contribution in [2.24, 2.45) is 0 Å². The standard InChI is InChI=1S/C18H22N4O5/c1-18(2)12-21(16(23)10-22-9-15(17(24)25)19-20-22)8-14(27-18)11-26-13-6-4-3-5-7-13/h3-7,9,14H,8,10-12H2,1-2H3,(H,24,25). The van der Waals surface area contributed by atoms with Crippen molar-refractivity contribution < 1.29 is 24.2 Å². The van der Waals surface area contributed by atoms with Gasteiger partial charge in [-0.05, 0) is 26.0 Å². The molecule has 2 heterocycles. The first-order chi connectivity index (χ1) is 12.8. The molecule has 0 spiro atoms. The Labute approximate surface area is 156 Å². The third-order valence-corrected chi connectivity index (χ3v) is 4.07. The number of rotatable bonds is 6. The van der Waals surface area contributed by atoms with Crippen molar-refractivity contribution in [3.8, 4) is 5.75 Å². The van der Waals surface area contributed by atoms with Gasteiger partial charge in [0, 0.05) is 6.54 Å². The molecule has 9 heteroatoms. The maximum absolute atomic E-state index is 12.6. The minimum absolute atomic E-state index is 0.0807. The normalized spacial score (nSPS) is 18.9. The fraction of sp³-hybridized carbons (Fsp3) is 0.444. The summed E-state index contributed by atoms with van der Waals surface area (Å²) in [4.78, 5) is 25.2. The van der Waals surface area contributed by atoms with Gasteiger partial charge in [-0.1, -0.05) is 23.4 Å². The van der Waals surface area contributed by atoms with Crippen molar-refractivity contribution in [1.82, 2.24) is 19.9 Å². The lowest BCUT2D eigenvalue weighted by Crippen LogP contribution is -2.56. The van der Waals surface area contributed by atoms with Crippen molar-refractivity contribution in [2.75, 3.05) is 19.7 Å². The second-order valence-corrected chi connectivity index (χ2v) is 7.00. The first kappa shape index (κ1) is 18.8. The number of benzene rings is 1. The number of morpholine rings is 1. The zero-order valence-electron chi connectivity index (χ0n) is 15.2. The first-order valence-corrected chi connectivity index (χ1v) is 8.59. The number of amides is 1. The van der Waals surface area contributed by atoms with Crippen molar-refractivity contribution in [3.63, 3.8) is 0 Å². The Hall–Kier alpha value is -2.94. The number of hydrogen-bond acceptors (Lipinski definition) is 6. The number of aromatic carboxylic acids is 1. The summed E-state index contributed by atoms with van der Waals surface area (Å²) in [6, 6.07) is 9.41. The van der Waals surface area contributed by atoms with Crippen LogP contribution < -0.4 is 4.74 Å². The maximum Gasteiger partial charge on any atom is 0.358 e. The molecule has 1 saturated heterocycles. The molecule has 144 valence electrons. The van der Waals surface area contributed by atoms with E-state index < -0.39 is 11.6 Å². The molecular weight excluding hydrogens is 352 g/mol. The van der Waals surface area contributed by atoms with Crippen LogP contribution in [0.1, 0.15) is 24.3 Å². The van der Waals surface area contributed by atoms with Gasteiger partial charge in [0.15, 0.2) is 5.69 Å². The van der Waals surface area contributed by atoms with Crippen LogP contribution in [-0.4, -0.2) is 68.3 Å². The summed E-state index contributed by atoms with van der Waals surface area (Å²) in [5, 5.41) is 16.1. The van der Waals surface area contributed by atoms with E-state index in [1.807, 2.05) is 44.2 Å². The molecule has 1 aromatic carbocycles. The minimum Gasteiger partial charge on any atom is -0.491 e. The Bertz CT molecular complexity index is 805. The van der Waals surface area contributed by atoms with E-state index in [0.29, 0.717) is 19.7 Å². The largest absolute Gasteiger partial charge is 0.491 e. The zero-order valence-corrected chi connectivity index (χ0v) is 15.2. The summed E-state index contributed by atoms with van der Waals surface area (Å²) in [7, 11) is 0. The van der Waals surface area contributed by atoms with Crippen LogP contribution in [-0.2, 0) is 16.1 Å². The number of carboxylic acid groups (broad SMARTS) is 1. The Balaban J connectivity index is 1.61. The lowest BCUT2D eigenvalue weighted by Gasteiger charge is -2.42. The van der Waals surface area contributed by atoms with E-state index >= 15 is 0 Å². The summed E-state index contributed by atoms with van der Waals surface area (Å²) in [6.07, 6.45) is 0.963. The van der Waals surface area contributed by atoms with Crippen LogP contribution in [0.25, 0.3) is 0 Å². The van der Waals surface area contributed by atoms with Crippen LogP contribution in [0.3, 0.4) is 0 Å². The third kappa shape index (κ3) is 5.04. The highest BCUT2D eigenvalue weighted by atomic mass is 16.5. The van der Waals surface area contributed by atoms with Crippen molar-refractivity contribution in [1.29, 1.82) is 0 Å². The van der Waals surface area contributed by atoms with Gasteiger partial charge in [0.25, 0.3) is 0 Å². The second kappa shape index (κ2) is 7.75. The smallest absolute Gasteiger partial charge is 0.358 e. The minimum atomic E-state index is -1.18. The molecule has 1 aliphatic rings. The molecule has 1 N–H and O–H groups in total. The van der Waals surface area contributed by atoms with Gasteiger partial charge in [0.2, 0.25) is 5.91 Å². The van der Waals surface area contributed by atoms with Crippen molar-refractivity contribution in [2.45, 2.75) is 32.1 Å². The van der Waals surface area contributed by atoms with Crippen LogP contribution in [0.5, 0.6) is 5.75 Å². The quantitative estimate of drug-likeness (QED) is 0.806. The van der Waals surface area contributed by atoms with E-state index in [1.54, 1.807) is 4.90 Å². The van der Waals surface area contributed by atoms with Crippen LogP contribution in [0.4, 0.5) is 0 Å². The number of carbonyl (C=O) groups excluding carboxylic acids is 1. The van der Waals surface area contributed by atoms with Gasteiger partial charge < -0.3 is 19.5 Å². The summed E-state index contributed by atoms with van der Waals surface area (Å²) < 4.78 is 13.0. The van der Waals surface area contributed by atoms with Gasteiger partial charge in [0.05, 0.1) is 18.3 Å². The van der Waals surface area contributed by atoms with Crippen molar-refractivity contribution in [3.05, 3.63) is 42.2 Å². The molecule has 1 atom stereocenters. The number of aromatic nitrogens is 3. The number of ether oxygens (including phenoxy) is 2. The zero-order chi connectivity index (χ0) is 19.4. The highest BCUT2D eigenvalue weighted by molar-refractivity contribution is 5.84. The molecule has 0 bridgehead atoms. The highest BCUT2D eigenvalue weighted by Gasteiger charge is 2.36. The number of nitrogens with zero attached hydrogens (tertiary/aromatic N) is 4. The van der Waals surface area contributed by atoms with Crippen molar-refractivity contribution >= 4 is 11.9 Å². The van der Waals surface area contributed by atoms with E-state index in [1.165, 1.54) is 10.9 Å². The Morgan fingerprint density at radius 3 is 2.74 bits per heavy atom. The molecule has 0 saturated carbocycles. The van der Waals surface area contributed by atoms with E-state index in [0.717, 1.165) is 5.75 Å². The lowest BCUT2D eigenvalue weighted by molar-refractivity contribution is -0.166. The maximum atomic E-state index is 12.6. The van der Waals surface area contributed by atoms with Crippen LogP contribution in [0.15, 0.2) is 36.5 Å². The average Bonchev–Trinajstić information content (AvgIpc) is 3.08. The monoisotopic (exact) mass is 374 g/mol. The Morgan fingerprint density at radius 1 is 1.33 bits per heavy atom. The molecule has 27 heavy (non-hydrogen) atoms. The van der Waals surface area contributed by atoms with Gasteiger partial charge in [-0.2, -0.15) is 0 Å². The molecule has 1 aliphatic heterocycles. The Kier molecular flexibility index (Phi) is 5.41. The molecule has 2 aromatic rings. The van der Waals surface area contributed by atoms with E-state index in [9.17, 15) is 9.59 Å². The average molecular weight is 374 g/mol. The number of hydrogen-bond donors (Lipinski definition) is 1. The topological polar surface area (TPSA) is 107 Å². The molecule has 3 rings (SSSR count). The fourth-order valence-electron chi connectivity index (χ4n) is 2.99. The van der Waals surface area contributed by atoms with Crippen LogP contribution in [0, 0.1) is 0 Å². The Morgan fingerprint density at radius 2 is 2.07 bits per heavy atom. The molecule has 0 radical (unpaired) electrons. The first-order valence-electron chi connectivity index (χ1n) is 8.59. The molecule has 1 aromatic heterocycles. The summed E-state index contributed by atoms with van der Waals surface area (Å²) in [6.45, 7) is 4.88. The lowest BCUT2D eigenvalue weighted by atomic mass is 10.1. The highest BCUT2D eigenvalue weighted by Crippen LogP contribution is 2.22. The van der Waals surface area contributed by atoms with Gasteiger partial charge in [-0.25, -0.2) is 9.48 Å². The van der Waals surface area contributed by atoms with Gasteiger partial charge >= 0.3 is 5.97 Å². The summed E-state index contributed by atoms with van der Waals surface area (Å²) in [5.74, 6) is -0.622.